The first-order valence-electron chi connectivity index (χ1n) is 12.7. The summed E-state index contributed by atoms with van der Waals surface area (Å²) in [5, 5.41) is 0. The lowest BCUT2D eigenvalue weighted by Crippen LogP contribution is -2.46. The van der Waals surface area contributed by atoms with Gasteiger partial charge in [-0.05, 0) is 60.5 Å². The van der Waals surface area contributed by atoms with Crippen LogP contribution in [0.25, 0.3) is 0 Å². The minimum absolute atomic E-state index is 0.364. The second kappa shape index (κ2) is 11.3. The summed E-state index contributed by atoms with van der Waals surface area (Å²) in [5.41, 5.74) is 5.53. The number of hydrogen-bond acceptors (Lipinski definition) is 1. The van der Waals surface area contributed by atoms with E-state index in [1.165, 1.54) is 22.3 Å². The van der Waals surface area contributed by atoms with Crippen molar-refractivity contribution in [1.29, 1.82) is 0 Å². The van der Waals surface area contributed by atoms with Gasteiger partial charge in [-0.2, -0.15) is 0 Å². The van der Waals surface area contributed by atoms with Crippen molar-refractivity contribution in [2.45, 2.75) is 50.1 Å². The summed E-state index contributed by atoms with van der Waals surface area (Å²) in [7, 11) is -3.95. The largest absolute Gasteiger partial charge is 0.455 e. The summed E-state index contributed by atoms with van der Waals surface area (Å²) < 4.78 is 7.25. The third-order valence-corrected chi connectivity index (χ3v) is 14.0. The summed E-state index contributed by atoms with van der Waals surface area (Å²) in [6, 6.07) is 46.0. The highest BCUT2D eigenvalue weighted by Crippen LogP contribution is 2.38. The van der Waals surface area contributed by atoms with Crippen molar-refractivity contribution in [2.75, 3.05) is 0 Å². The maximum absolute atomic E-state index is 7.25. The molecule has 3 heteroatoms. The van der Waals surface area contributed by atoms with E-state index in [0.717, 1.165) is 12.1 Å². The molecule has 0 radical (unpaired) electrons. The van der Waals surface area contributed by atoms with Crippen LogP contribution in [0.2, 0.25) is 38.3 Å². The fourth-order valence-electron chi connectivity index (χ4n) is 5.41. The quantitative estimate of drug-likeness (QED) is 0.200. The molecule has 4 aromatic carbocycles. The summed E-state index contributed by atoms with van der Waals surface area (Å²) >= 11 is 0. The Morgan fingerprint density at radius 2 is 0.657 bits per heavy atom. The Morgan fingerprint density at radius 3 is 0.886 bits per heavy atom. The van der Waals surface area contributed by atoms with Gasteiger partial charge in [0.15, 0.2) is 16.6 Å². The maximum Gasteiger partial charge on any atom is 0.174 e. The van der Waals surface area contributed by atoms with E-state index in [1.54, 1.807) is 0 Å². The molecule has 0 aliphatic carbocycles. The lowest BCUT2D eigenvalue weighted by atomic mass is 9.93. The normalized spacial score (nSPS) is 12.3. The van der Waals surface area contributed by atoms with Crippen LogP contribution in [0, 0.1) is 0 Å². The second-order valence-corrected chi connectivity index (χ2v) is 19.4. The van der Waals surface area contributed by atoms with E-state index in [1.807, 2.05) is 0 Å². The molecular formula is C32H38OSi2. The molecule has 0 fully saturated rings. The Balaban J connectivity index is 1.57. The van der Waals surface area contributed by atoms with Gasteiger partial charge >= 0.3 is 0 Å². The fourth-order valence-corrected chi connectivity index (χ4v) is 15.0. The van der Waals surface area contributed by atoms with Crippen molar-refractivity contribution < 1.29 is 4.12 Å². The topological polar surface area (TPSA) is 9.23 Å². The summed E-state index contributed by atoms with van der Waals surface area (Å²) in [6.45, 7) is 9.67. The molecule has 4 aromatic rings. The smallest absolute Gasteiger partial charge is 0.174 e. The molecule has 0 aliphatic heterocycles. The SMILES string of the molecule is C[Si](C)(CC(c1ccccc1)c1ccccc1)O[Si](C)(C)CC(c1ccccc1)c1ccccc1. The van der Waals surface area contributed by atoms with E-state index in [2.05, 4.69) is 148 Å². The highest BCUT2D eigenvalue weighted by Gasteiger charge is 2.37. The van der Waals surface area contributed by atoms with Crippen LogP contribution in [0.1, 0.15) is 34.1 Å². The highest BCUT2D eigenvalue weighted by atomic mass is 28.4. The monoisotopic (exact) mass is 494 g/mol. The molecule has 0 aliphatic rings. The van der Waals surface area contributed by atoms with Gasteiger partial charge in [-0.25, -0.2) is 0 Å². The first-order valence-corrected chi connectivity index (χ1v) is 19.0. The van der Waals surface area contributed by atoms with Gasteiger partial charge in [0.25, 0.3) is 0 Å². The molecule has 0 atom stereocenters. The zero-order valence-corrected chi connectivity index (χ0v) is 23.5. The number of benzene rings is 4. The van der Waals surface area contributed by atoms with Gasteiger partial charge in [0.2, 0.25) is 0 Å². The summed E-state index contributed by atoms with van der Waals surface area (Å²) in [5.74, 6) is 0.728. The van der Waals surface area contributed by atoms with Crippen LogP contribution in [-0.2, 0) is 4.12 Å². The van der Waals surface area contributed by atoms with Gasteiger partial charge in [-0.3, -0.25) is 0 Å². The van der Waals surface area contributed by atoms with Gasteiger partial charge < -0.3 is 4.12 Å². The molecule has 0 spiro atoms. The lowest BCUT2D eigenvalue weighted by Gasteiger charge is -2.38. The molecule has 4 rings (SSSR count). The van der Waals surface area contributed by atoms with E-state index in [-0.39, 0.29) is 0 Å². The van der Waals surface area contributed by atoms with Crippen LogP contribution in [-0.4, -0.2) is 16.6 Å². The average molecular weight is 495 g/mol. The molecule has 1 nitrogen and oxygen atoms in total. The van der Waals surface area contributed by atoms with Crippen molar-refractivity contribution in [3.05, 3.63) is 144 Å². The lowest BCUT2D eigenvalue weighted by molar-refractivity contribution is 0.527. The summed E-state index contributed by atoms with van der Waals surface area (Å²) in [4.78, 5) is 0. The van der Waals surface area contributed by atoms with Crippen LogP contribution in [0.5, 0.6) is 0 Å². The molecule has 0 heterocycles. The first kappa shape index (κ1) is 25.4. The Bertz CT molecular complexity index is 985. The molecule has 180 valence electrons. The highest BCUT2D eigenvalue weighted by molar-refractivity contribution is 6.85. The van der Waals surface area contributed by atoms with Crippen LogP contribution in [0.4, 0.5) is 0 Å². The van der Waals surface area contributed by atoms with E-state index < -0.39 is 16.6 Å². The molecule has 0 N–H and O–H groups in total. The molecule has 35 heavy (non-hydrogen) atoms. The van der Waals surface area contributed by atoms with Crippen molar-refractivity contribution in [1.82, 2.24) is 0 Å². The summed E-state index contributed by atoms with van der Waals surface area (Å²) in [6.07, 6.45) is 0. The van der Waals surface area contributed by atoms with Crippen molar-refractivity contribution in [3.63, 3.8) is 0 Å². The number of hydrogen-bond donors (Lipinski definition) is 0. The predicted octanol–water partition coefficient (Wildman–Crippen LogP) is 9.08. The van der Waals surface area contributed by atoms with Crippen molar-refractivity contribution in [3.8, 4) is 0 Å². The van der Waals surface area contributed by atoms with Crippen molar-refractivity contribution in [2.24, 2.45) is 0 Å². The van der Waals surface area contributed by atoms with Gasteiger partial charge in [0.05, 0.1) is 0 Å². The standard InChI is InChI=1S/C32H38OSi2/c1-34(2,25-31(27-17-9-5-10-18-27)28-19-11-6-12-20-28)33-35(3,4)26-32(29-21-13-7-14-22-29)30-23-15-8-16-24-30/h5-24,31-32H,25-26H2,1-4H3. The maximum atomic E-state index is 7.25. The molecule has 0 unspecified atom stereocenters. The Morgan fingerprint density at radius 1 is 0.429 bits per heavy atom. The fraction of sp³-hybridized carbons (Fsp3) is 0.250. The second-order valence-electron chi connectivity index (χ2n) is 10.8. The van der Waals surface area contributed by atoms with Gasteiger partial charge in [0.1, 0.15) is 0 Å². The van der Waals surface area contributed by atoms with E-state index in [0.29, 0.717) is 11.8 Å². The van der Waals surface area contributed by atoms with Gasteiger partial charge in [-0.15, -0.1) is 0 Å². The average Bonchev–Trinajstić information content (AvgIpc) is 2.87. The molecular weight excluding hydrogens is 457 g/mol. The molecule has 0 amide bonds. The van der Waals surface area contributed by atoms with E-state index in [9.17, 15) is 0 Å². The molecule has 0 saturated heterocycles. The van der Waals surface area contributed by atoms with Gasteiger partial charge in [0, 0.05) is 11.8 Å². The Kier molecular flexibility index (Phi) is 8.22. The van der Waals surface area contributed by atoms with Crippen LogP contribution < -0.4 is 0 Å². The van der Waals surface area contributed by atoms with E-state index in [4.69, 9.17) is 4.12 Å². The minimum Gasteiger partial charge on any atom is -0.455 e. The predicted molar refractivity (Wildman–Crippen MR) is 155 cm³/mol. The zero-order chi connectivity index (χ0) is 24.7. The van der Waals surface area contributed by atoms with Crippen LogP contribution in [0.15, 0.2) is 121 Å². The molecule has 0 saturated carbocycles. The minimum atomic E-state index is -1.97. The van der Waals surface area contributed by atoms with E-state index >= 15 is 0 Å². The zero-order valence-electron chi connectivity index (χ0n) is 21.5. The third kappa shape index (κ3) is 7.14. The molecule has 0 aromatic heterocycles. The van der Waals surface area contributed by atoms with Crippen LogP contribution in [0.3, 0.4) is 0 Å². The van der Waals surface area contributed by atoms with Crippen molar-refractivity contribution >= 4 is 16.6 Å². The Hall–Kier alpha value is -2.73. The van der Waals surface area contributed by atoms with Crippen LogP contribution >= 0.6 is 0 Å². The van der Waals surface area contributed by atoms with Gasteiger partial charge in [-0.1, -0.05) is 121 Å². The third-order valence-electron chi connectivity index (χ3n) is 6.75. The first-order chi connectivity index (χ1) is 16.8. The Labute approximate surface area is 214 Å². The molecule has 0 bridgehead atoms. The number of rotatable bonds is 10.